The molecule has 1 amide bonds. The van der Waals surface area contributed by atoms with Gasteiger partial charge in [0.1, 0.15) is 22.8 Å². The molecule has 0 unspecified atom stereocenters. The van der Waals surface area contributed by atoms with Crippen molar-refractivity contribution in [3.63, 3.8) is 0 Å². The number of hydrogen-bond acceptors (Lipinski definition) is 5. The molecule has 1 aromatic heterocycles. The normalized spacial score (nSPS) is 11.6. The first-order valence-electron chi connectivity index (χ1n) is 9.17. The van der Waals surface area contributed by atoms with Gasteiger partial charge in [0, 0.05) is 5.56 Å². The Kier molecular flexibility index (Phi) is 6.02. The second-order valence-electron chi connectivity index (χ2n) is 6.72. The fourth-order valence-electron chi connectivity index (χ4n) is 3.02. The Morgan fingerprint density at radius 2 is 1.72 bits per heavy atom. The minimum atomic E-state index is -1.14. The predicted molar refractivity (Wildman–Crippen MR) is 109 cm³/mol. The molecular formula is C23H23NO5. The monoisotopic (exact) mass is 393 g/mol. The maximum Gasteiger partial charge on any atom is 0.342 e. The number of ether oxygens (including phenoxy) is 2. The van der Waals surface area contributed by atoms with Gasteiger partial charge in [0.25, 0.3) is 5.91 Å². The summed E-state index contributed by atoms with van der Waals surface area (Å²) in [5, 5.41) is 2.81. The van der Waals surface area contributed by atoms with Gasteiger partial charge in [-0.3, -0.25) is 4.79 Å². The molecule has 6 heteroatoms. The summed E-state index contributed by atoms with van der Waals surface area (Å²) in [6.45, 7) is 5.34. The smallest absolute Gasteiger partial charge is 0.342 e. The van der Waals surface area contributed by atoms with Gasteiger partial charge in [-0.15, -0.1) is 0 Å². The van der Waals surface area contributed by atoms with Crippen LogP contribution in [0.25, 0.3) is 0 Å². The quantitative estimate of drug-likeness (QED) is 0.612. The van der Waals surface area contributed by atoms with Crippen LogP contribution in [0.2, 0.25) is 0 Å². The Bertz CT molecular complexity index is 1020. The van der Waals surface area contributed by atoms with E-state index in [2.05, 4.69) is 5.32 Å². The molecule has 0 aliphatic heterocycles. The average molecular weight is 393 g/mol. The van der Waals surface area contributed by atoms with Crippen molar-refractivity contribution in [2.24, 2.45) is 0 Å². The SMILES string of the molecule is COc1ccc(C)cc1NC(=O)[C@@H](OC(=O)c1cc(C)oc1C)c1ccccc1. The van der Waals surface area contributed by atoms with E-state index in [4.69, 9.17) is 13.9 Å². The van der Waals surface area contributed by atoms with Crippen LogP contribution in [0.5, 0.6) is 5.75 Å². The number of benzene rings is 2. The van der Waals surface area contributed by atoms with Gasteiger partial charge >= 0.3 is 5.97 Å². The Hall–Kier alpha value is -3.54. The van der Waals surface area contributed by atoms with E-state index in [0.717, 1.165) is 5.56 Å². The Morgan fingerprint density at radius 1 is 1.00 bits per heavy atom. The molecule has 0 fully saturated rings. The Balaban J connectivity index is 1.90. The zero-order valence-corrected chi connectivity index (χ0v) is 16.8. The lowest BCUT2D eigenvalue weighted by molar-refractivity contribution is -0.125. The van der Waals surface area contributed by atoms with Gasteiger partial charge in [-0.25, -0.2) is 4.79 Å². The van der Waals surface area contributed by atoms with E-state index in [0.29, 0.717) is 34.1 Å². The molecule has 0 saturated heterocycles. The van der Waals surface area contributed by atoms with Crippen LogP contribution in [-0.4, -0.2) is 19.0 Å². The van der Waals surface area contributed by atoms with Crippen molar-refractivity contribution in [1.29, 1.82) is 0 Å². The summed E-state index contributed by atoms with van der Waals surface area (Å²) in [5.41, 5.74) is 2.32. The molecule has 3 aromatic rings. The lowest BCUT2D eigenvalue weighted by atomic mass is 10.1. The summed E-state index contributed by atoms with van der Waals surface area (Å²) in [5.74, 6) is 0.453. The highest BCUT2D eigenvalue weighted by Crippen LogP contribution is 2.28. The maximum atomic E-state index is 13.1. The number of hydrogen-bond donors (Lipinski definition) is 1. The van der Waals surface area contributed by atoms with E-state index in [1.54, 1.807) is 56.3 Å². The van der Waals surface area contributed by atoms with E-state index in [9.17, 15) is 9.59 Å². The van der Waals surface area contributed by atoms with Crippen LogP contribution in [0.15, 0.2) is 59.0 Å². The summed E-state index contributed by atoms with van der Waals surface area (Å²) >= 11 is 0. The van der Waals surface area contributed by atoms with Crippen LogP contribution in [0, 0.1) is 20.8 Å². The third-order valence-electron chi connectivity index (χ3n) is 4.44. The number of carbonyl (C=O) groups excluding carboxylic acids is 2. The molecule has 0 aliphatic rings. The highest BCUT2D eigenvalue weighted by Gasteiger charge is 2.28. The first-order chi connectivity index (χ1) is 13.9. The fourth-order valence-corrected chi connectivity index (χ4v) is 3.02. The molecule has 29 heavy (non-hydrogen) atoms. The summed E-state index contributed by atoms with van der Waals surface area (Å²) in [6.07, 6.45) is -1.14. The molecule has 0 saturated carbocycles. The molecule has 0 radical (unpaired) electrons. The maximum absolute atomic E-state index is 13.1. The first-order valence-corrected chi connectivity index (χ1v) is 9.17. The number of amides is 1. The molecule has 0 aliphatic carbocycles. The van der Waals surface area contributed by atoms with Gasteiger partial charge in [-0.1, -0.05) is 36.4 Å². The van der Waals surface area contributed by atoms with E-state index in [1.165, 1.54) is 7.11 Å². The predicted octanol–water partition coefficient (Wildman–Crippen LogP) is 4.75. The van der Waals surface area contributed by atoms with E-state index < -0.39 is 18.0 Å². The lowest BCUT2D eigenvalue weighted by Gasteiger charge is -2.19. The summed E-state index contributed by atoms with van der Waals surface area (Å²) in [6, 6.07) is 15.9. The summed E-state index contributed by atoms with van der Waals surface area (Å²) < 4.78 is 16.3. The molecule has 1 N–H and O–H groups in total. The van der Waals surface area contributed by atoms with Crippen molar-refractivity contribution in [2.75, 3.05) is 12.4 Å². The van der Waals surface area contributed by atoms with Crippen LogP contribution in [0.4, 0.5) is 5.69 Å². The van der Waals surface area contributed by atoms with Crippen molar-refractivity contribution in [2.45, 2.75) is 26.9 Å². The van der Waals surface area contributed by atoms with E-state index >= 15 is 0 Å². The Morgan fingerprint density at radius 3 is 2.34 bits per heavy atom. The van der Waals surface area contributed by atoms with E-state index in [1.807, 2.05) is 19.1 Å². The average Bonchev–Trinajstić information content (AvgIpc) is 3.05. The van der Waals surface area contributed by atoms with E-state index in [-0.39, 0.29) is 0 Å². The van der Waals surface area contributed by atoms with Crippen LogP contribution in [0.1, 0.15) is 39.1 Å². The van der Waals surface area contributed by atoms with Gasteiger partial charge in [0.2, 0.25) is 6.10 Å². The fraction of sp³-hybridized carbons (Fsp3) is 0.217. The second kappa shape index (κ2) is 8.65. The van der Waals surface area contributed by atoms with Crippen LogP contribution in [0.3, 0.4) is 0 Å². The second-order valence-corrected chi connectivity index (χ2v) is 6.72. The molecular weight excluding hydrogens is 370 g/mol. The van der Waals surface area contributed by atoms with Crippen molar-refractivity contribution in [3.05, 3.63) is 82.8 Å². The number of nitrogens with one attached hydrogen (secondary N) is 1. The summed E-state index contributed by atoms with van der Waals surface area (Å²) in [4.78, 5) is 25.8. The van der Waals surface area contributed by atoms with Gasteiger partial charge in [-0.2, -0.15) is 0 Å². The van der Waals surface area contributed by atoms with Gasteiger partial charge in [0.15, 0.2) is 0 Å². The van der Waals surface area contributed by atoms with Gasteiger partial charge in [-0.05, 0) is 44.5 Å². The third-order valence-corrected chi connectivity index (χ3v) is 4.44. The van der Waals surface area contributed by atoms with Crippen molar-refractivity contribution in [1.82, 2.24) is 0 Å². The topological polar surface area (TPSA) is 77.8 Å². The minimum Gasteiger partial charge on any atom is -0.495 e. The van der Waals surface area contributed by atoms with Crippen LogP contribution in [-0.2, 0) is 9.53 Å². The number of methoxy groups -OCH3 is 1. The number of carbonyl (C=O) groups is 2. The number of furan rings is 1. The molecule has 150 valence electrons. The molecule has 6 nitrogen and oxygen atoms in total. The molecule has 2 aromatic carbocycles. The number of esters is 1. The summed E-state index contributed by atoms with van der Waals surface area (Å²) in [7, 11) is 1.53. The standard InChI is InChI=1S/C23H23NO5/c1-14-10-11-20(27-4)19(12-14)24-22(25)21(17-8-6-5-7-9-17)29-23(26)18-13-15(2)28-16(18)3/h5-13,21H,1-4H3,(H,24,25)/t21-/m0/s1. The molecule has 1 atom stereocenters. The largest absolute Gasteiger partial charge is 0.495 e. The van der Waals surface area contributed by atoms with Crippen LogP contribution >= 0.6 is 0 Å². The number of anilines is 1. The van der Waals surface area contributed by atoms with Crippen molar-refractivity contribution < 1.29 is 23.5 Å². The first kappa shape index (κ1) is 20.2. The number of rotatable bonds is 6. The van der Waals surface area contributed by atoms with Crippen molar-refractivity contribution in [3.8, 4) is 5.75 Å². The zero-order chi connectivity index (χ0) is 21.0. The van der Waals surface area contributed by atoms with Crippen molar-refractivity contribution >= 4 is 17.6 Å². The lowest BCUT2D eigenvalue weighted by Crippen LogP contribution is -2.26. The third kappa shape index (κ3) is 4.66. The molecule has 3 rings (SSSR count). The van der Waals surface area contributed by atoms with Gasteiger partial charge < -0.3 is 19.2 Å². The molecule has 0 spiro atoms. The highest BCUT2D eigenvalue weighted by atomic mass is 16.5. The molecule has 0 bridgehead atoms. The highest BCUT2D eigenvalue weighted by molar-refractivity contribution is 5.99. The number of aryl methyl sites for hydroxylation is 3. The zero-order valence-electron chi connectivity index (χ0n) is 16.8. The minimum absolute atomic E-state index is 0.296. The molecule has 1 heterocycles. The Labute approximate surface area is 169 Å². The van der Waals surface area contributed by atoms with Gasteiger partial charge in [0.05, 0.1) is 12.8 Å². The van der Waals surface area contributed by atoms with Crippen LogP contribution < -0.4 is 10.1 Å².